The minimum Gasteiger partial charge on any atom is -0.350 e. The molecule has 0 aromatic heterocycles. The maximum atomic E-state index is 11.4. The number of carbonyl (C=O) groups is 1. The van der Waals surface area contributed by atoms with E-state index in [1.165, 1.54) is 24.8 Å². The Morgan fingerprint density at radius 2 is 2.38 bits per heavy atom. The highest BCUT2D eigenvalue weighted by Gasteiger charge is 2.36. The van der Waals surface area contributed by atoms with Gasteiger partial charge in [0.2, 0.25) is 5.91 Å². The topological polar surface area (TPSA) is 29.1 Å². The summed E-state index contributed by atoms with van der Waals surface area (Å²) < 4.78 is 0. The second-order valence-corrected chi connectivity index (χ2v) is 4.18. The van der Waals surface area contributed by atoms with Gasteiger partial charge in [-0.1, -0.05) is 18.9 Å². The van der Waals surface area contributed by atoms with Crippen molar-refractivity contribution < 1.29 is 4.79 Å². The number of rotatable bonds is 3. The maximum absolute atomic E-state index is 11.4. The first kappa shape index (κ1) is 8.79. The van der Waals surface area contributed by atoms with Crippen LogP contribution in [0, 0.1) is 5.92 Å². The second kappa shape index (κ2) is 3.52. The lowest BCUT2D eigenvalue weighted by atomic mass is 9.92. The molecule has 0 saturated heterocycles. The van der Waals surface area contributed by atoms with Gasteiger partial charge in [-0.15, -0.1) is 0 Å². The van der Waals surface area contributed by atoms with Crippen molar-refractivity contribution in [2.75, 3.05) is 0 Å². The molecule has 2 fully saturated rings. The highest BCUT2D eigenvalue weighted by atomic mass is 16.1. The molecule has 72 valence electrons. The van der Waals surface area contributed by atoms with Crippen molar-refractivity contribution in [3.63, 3.8) is 0 Å². The zero-order valence-electron chi connectivity index (χ0n) is 8.18. The molecule has 2 heteroatoms. The van der Waals surface area contributed by atoms with E-state index in [2.05, 4.69) is 12.2 Å². The fraction of sp³-hybridized carbons (Fsp3) is 0.727. The largest absolute Gasteiger partial charge is 0.350 e. The van der Waals surface area contributed by atoms with E-state index in [0.717, 1.165) is 18.8 Å². The van der Waals surface area contributed by atoms with Gasteiger partial charge in [0.25, 0.3) is 0 Å². The highest BCUT2D eigenvalue weighted by Crippen LogP contribution is 2.33. The lowest BCUT2D eigenvalue weighted by Crippen LogP contribution is -2.25. The quantitative estimate of drug-likeness (QED) is 0.660. The molecule has 2 atom stereocenters. The summed E-state index contributed by atoms with van der Waals surface area (Å²) in [6, 6.07) is 0.481. The number of allylic oxidation sites excluding steroid dienone is 1. The molecule has 13 heavy (non-hydrogen) atoms. The van der Waals surface area contributed by atoms with Crippen LogP contribution in [0.3, 0.4) is 0 Å². The number of carbonyl (C=O) groups excluding carboxylic acids is 1. The molecule has 0 aromatic carbocycles. The van der Waals surface area contributed by atoms with Crippen LogP contribution in [0.25, 0.3) is 0 Å². The first-order valence-electron chi connectivity index (χ1n) is 5.29. The Bertz CT molecular complexity index is 238. The van der Waals surface area contributed by atoms with Gasteiger partial charge in [0.1, 0.15) is 0 Å². The molecule has 0 heterocycles. The van der Waals surface area contributed by atoms with Crippen LogP contribution in [-0.4, -0.2) is 11.9 Å². The number of amides is 1. The molecular weight excluding hydrogens is 162 g/mol. The van der Waals surface area contributed by atoms with Crippen LogP contribution in [0.1, 0.15) is 39.0 Å². The minimum absolute atomic E-state index is 0.135. The zero-order valence-corrected chi connectivity index (χ0v) is 8.18. The van der Waals surface area contributed by atoms with E-state index >= 15 is 0 Å². The van der Waals surface area contributed by atoms with Gasteiger partial charge in [-0.3, -0.25) is 4.79 Å². The molecule has 2 rings (SSSR count). The Kier molecular flexibility index (Phi) is 2.38. The summed E-state index contributed by atoms with van der Waals surface area (Å²) in [6.45, 7) is 2.18. The standard InChI is InChI=1S/C11H17NO/c1-2-9-7-10(9)12-11(13)6-8-4-3-5-8/h6,9-10H,2-5,7H2,1H3,(H,12,13)/t9-,10-/m1/s1. The Balaban J connectivity index is 1.73. The molecule has 1 amide bonds. The first-order chi connectivity index (χ1) is 6.29. The SMILES string of the molecule is CC[C@@H]1C[C@H]1NC(=O)C=C1CCC1. The van der Waals surface area contributed by atoms with Gasteiger partial charge in [0.15, 0.2) is 0 Å². The van der Waals surface area contributed by atoms with Gasteiger partial charge in [0.05, 0.1) is 0 Å². The first-order valence-corrected chi connectivity index (χ1v) is 5.29. The summed E-state index contributed by atoms with van der Waals surface area (Å²) >= 11 is 0. The van der Waals surface area contributed by atoms with Crippen molar-refractivity contribution in [3.8, 4) is 0 Å². The van der Waals surface area contributed by atoms with E-state index in [-0.39, 0.29) is 5.91 Å². The van der Waals surface area contributed by atoms with E-state index in [1.54, 1.807) is 6.08 Å². The van der Waals surface area contributed by atoms with E-state index < -0.39 is 0 Å². The van der Waals surface area contributed by atoms with Crippen LogP contribution in [0.4, 0.5) is 0 Å². The Hall–Kier alpha value is -0.790. The van der Waals surface area contributed by atoms with Gasteiger partial charge < -0.3 is 5.32 Å². The molecular formula is C11H17NO. The molecule has 2 saturated carbocycles. The van der Waals surface area contributed by atoms with Crippen molar-refractivity contribution in [1.29, 1.82) is 0 Å². The average molecular weight is 179 g/mol. The van der Waals surface area contributed by atoms with Crippen molar-refractivity contribution in [2.24, 2.45) is 5.92 Å². The Labute approximate surface area is 79.4 Å². The van der Waals surface area contributed by atoms with E-state index in [4.69, 9.17) is 0 Å². The summed E-state index contributed by atoms with van der Waals surface area (Å²) in [4.78, 5) is 11.4. The predicted octanol–water partition coefficient (Wildman–Crippen LogP) is 2.01. The summed E-state index contributed by atoms with van der Waals surface area (Å²) in [6.07, 6.45) is 7.71. The number of nitrogens with one attached hydrogen (secondary N) is 1. The lowest BCUT2D eigenvalue weighted by molar-refractivity contribution is -0.116. The summed E-state index contributed by atoms with van der Waals surface area (Å²) in [5, 5.41) is 3.04. The third-order valence-electron chi connectivity index (χ3n) is 3.11. The van der Waals surface area contributed by atoms with Crippen LogP contribution in [0.15, 0.2) is 11.6 Å². The molecule has 0 bridgehead atoms. The van der Waals surface area contributed by atoms with Crippen LogP contribution in [0.2, 0.25) is 0 Å². The summed E-state index contributed by atoms with van der Waals surface area (Å²) in [7, 11) is 0. The molecule has 0 aromatic rings. The van der Waals surface area contributed by atoms with Crippen LogP contribution in [0.5, 0.6) is 0 Å². The Morgan fingerprint density at radius 3 is 2.85 bits per heavy atom. The third-order valence-corrected chi connectivity index (χ3v) is 3.11. The number of hydrogen-bond acceptors (Lipinski definition) is 1. The van der Waals surface area contributed by atoms with Gasteiger partial charge in [-0.05, 0) is 31.6 Å². The third kappa shape index (κ3) is 2.11. The Morgan fingerprint density at radius 1 is 1.62 bits per heavy atom. The monoisotopic (exact) mass is 179 g/mol. The zero-order chi connectivity index (χ0) is 9.26. The van der Waals surface area contributed by atoms with Gasteiger partial charge in [-0.2, -0.15) is 0 Å². The van der Waals surface area contributed by atoms with Gasteiger partial charge in [0, 0.05) is 12.1 Å². The van der Waals surface area contributed by atoms with Crippen LogP contribution >= 0.6 is 0 Å². The fourth-order valence-electron chi connectivity index (χ4n) is 1.81. The molecule has 0 unspecified atom stereocenters. The fourth-order valence-corrected chi connectivity index (χ4v) is 1.81. The molecule has 0 radical (unpaired) electrons. The normalized spacial score (nSPS) is 30.7. The molecule has 2 aliphatic carbocycles. The predicted molar refractivity (Wildman–Crippen MR) is 52.3 cm³/mol. The highest BCUT2D eigenvalue weighted by molar-refractivity contribution is 5.88. The number of hydrogen-bond donors (Lipinski definition) is 1. The van der Waals surface area contributed by atoms with E-state index in [9.17, 15) is 4.79 Å². The smallest absolute Gasteiger partial charge is 0.244 e. The van der Waals surface area contributed by atoms with E-state index in [1.807, 2.05) is 0 Å². The maximum Gasteiger partial charge on any atom is 0.244 e. The van der Waals surface area contributed by atoms with Crippen molar-refractivity contribution in [3.05, 3.63) is 11.6 Å². The molecule has 2 aliphatic rings. The van der Waals surface area contributed by atoms with Crippen molar-refractivity contribution in [2.45, 2.75) is 45.1 Å². The minimum atomic E-state index is 0.135. The van der Waals surface area contributed by atoms with Crippen molar-refractivity contribution in [1.82, 2.24) is 5.32 Å². The lowest BCUT2D eigenvalue weighted by Gasteiger charge is -2.15. The second-order valence-electron chi connectivity index (χ2n) is 4.18. The molecule has 0 spiro atoms. The molecule has 2 nitrogen and oxygen atoms in total. The molecule has 1 N–H and O–H groups in total. The van der Waals surface area contributed by atoms with Gasteiger partial charge in [-0.25, -0.2) is 0 Å². The van der Waals surface area contributed by atoms with Crippen molar-refractivity contribution >= 4 is 5.91 Å². The van der Waals surface area contributed by atoms with Gasteiger partial charge >= 0.3 is 0 Å². The van der Waals surface area contributed by atoms with Crippen LogP contribution in [-0.2, 0) is 4.79 Å². The molecule has 0 aliphatic heterocycles. The van der Waals surface area contributed by atoms with E-state index in [0.29, 0.717) is 6.04 Å². The summed E-state index contributed by atoms with van der Waals surface area (Å²) in [5.41, 5.74) is 1.33. The van der Waals surface area contributed by atoms with Crippen LogP contribution < -0.4 is 5.32 Å². The summed E-state index contributed by atoms with van der Waals surface area (Å²) in [5.74, 6) is 0.888. The average Bonchev–Trinajstić information content (AvgIpc) is 2.76.